The molecule has 0 amide bonds. The van der Waals surface area contributed by atoms with Crippen molar-refractivity contribution in [1.82, 2.24) is 9.78 Å². The van der Waals surface area contributed by atoms with Crippen molar-refractivity contribution in [3.05, 3.63) is 45.2 Å². The molecule has 0 aliphatic carbocycles. The summed E-state index contributed by atoms with van der Waals surface area (Å²) in [5.74, 6) is 0.506. The maximum absolute atomic E-state index is 7.37. The van der Waals surface area contributed by atoms with Crippen LogP contribution >= 0.6 is 23.2 Å². The lowest BCUT2D eigenvalue weighted by molar-refractivity contribution is 0.305. The van der Waals surface area contributed by atoms with Crippen LogP contribution in [-0.2, 0) is 13.7 Å². The van der Waals surface area contributed by atoms with Gasteiger partial charge < -0.3 is 10.5 Å². The first-order chi connectivity index (χ1) is 9.40. The maximum Gasteiger partial charge on any atom is 0.133 e. The number of benzene rings is 1. The molecule has 1 heterocycles. The Labute approximate surface area is 126 Å². The average Bonchev–Trinajstić information content (AvgIpc) is 2.61. The molecular formula is C13H14Cl2N4O. The number of amidine groups is 1. The summed E-state index contributed by atoms with van der Waals surface area (Å²) in [6, 6.07) is 4.98. The van der Waals surface area contributed by atoms with Gasteiger partial charge in [-0.2, -0.15) is 5.10 Å². The number of aryl methyl sites for hydroxylation is 2. The van der Waals surface area contributed by atoms with Crippen LogP contribution in [0.25, 0.3) is 0 Å². The standard InChI is InChI=1S/C13H14Cl2N4O/c1-7-10(12(15)19(2)18-7)6-20-8-3-4-9(13(16)17)11(14)5-8/h3-5H,6H2,1-2H3,(H3,16,17). The number of nitrogens with two attached hydrogens (primary N) is 1. The first-order valence-electron chi connectivity index (χ1n) is 5.85. The molecular weight excluding hydrogens is 299 g/mol. The topological polar surface area (TPSA) is 76.9 Å². The second-order valence-corrected chi connectivity index (χ2v) is 5.09. The Morgan fingerprint density at radius 3 is 2.65 bits per heavy atom. The van der Waals surface area contributed by atoms with Crippen LogP contribution in [0.1, 0.15) is 16.8 Å². The van der Waals surface area contributed by atoms with E-state index in [0.29, 0.717) is 28.1 Å². The number of nitrogens with zero attached hydrogens (tertiary/aromatic N) is 2. The first-order valence-corrected chi connectivity index (χ1v) is 6.60. The maximum atomic E-state index is 7.37. The number of halogens is 2. The zero-order chi connectivity index (χ0) is 14.9. The van der Waals surface area contributed by atoms with E-state index in [1.54, 1.807) is 29.9 Å². The molecule has 1 aromatic heterocycles. The number of hydrogen-bond donors (Lipinski definition) is 2. The van der Waals surface area contributed by atoms with Crippen molar-refractivity contribution >= 4 is 29.0 Å². The van der Waals surface area contributed by atoms with Crippen LogP contribution in [0.3, 0.4) is 0 Å². The van der Waals surface area contributed by atoms with Crippen molar-refractivity contribution in [2.45, 2.75) is 13.5 Å². The quantitative estimate of drug-likeness (QED) is 0.673. The Kier molecular flexibility index (Phi) is 4.20. The second-order valence-electron chi connectivity index (χ2n) is 4.32. The molecule has 106 valence electrons. The Balaban J connectivity index is 2.15. The summed E-state index contributed by atoms with van der Waals surface area (Å²) < 4.78 is 7.25. The lowest BCUT2D eigenvalue weighted by atomic mass is 10.2. The van der Waals surface area contributed by atoms with E-state index in [0.717, 1.165) is 11.3 Å². The molecule has 0 saturated carbocycles. The van der Waals surface area contributed by atoms with Gasteiger partial charge in [-0.1, -0.05) is 23.2 Å². The van der Waals surface area contributed by atoms with Crippen molar-refractivity contribution in [3.8, 4) is 5.75 Å². The highest BCUT2D eigenvalue weighted by molar-refractivity contribution is 6.34. The zero-order valence-corrected chi connectivity index (χ0v) is 12.6. The highest BCUT2D eigenvalue weighted by Crippen LogP contribution is 2.25. The molecule has 2 aromatic rings. The Bertz CT molecular complexity index is 667. The summed E-state index contributed by atoms with van der Waals surface area (Å²) in [7, 11) is 1.78. The SMILES string of the molecule is Cc1nn(C)c(Cl)c1COc1ccc(C(=N)N)c(Cl)c1. The lowest BCUT2D eigenvalue weighted by Gasteiger charge is -2.08. The molecule has 0 atom stereocenters. The van der Waals surface area contributed by atoms with Gasteiger partial charge in [0, 0.05) is 18.2 Å². The predicted molar refractivity (Wildman–Crippen MR) is 79.8 cm³/mol. The molecule has 0 bridgehead atoms. The van der Waals surface area contributed by atoms with Gasteiger partial charge in [0.25, 0.3) is 0 Å². The largest absolute Gasteiger partial charge is 0.489 e. The molecule has 2 rings (SSSR count). The summed E-state index contributed by atoms with van der Waals surface area (Å²) >= 11 is 12.2. The fourth-order valence-electron chi connectivity index (χ4n) is 1.80. The van der Waals surface area contributed by atoms with Gasteiger partial charge in [-0.15, -0.1) is 0 Å². The zero-order valence-electron chi connectivity index (χ0n) is 11.1. The third kappa shape index (κ3) is 2.89. The summed E-state index contributed by atoms with van der Waals surface area (Å²) in [4.78, 5) is 0. The molecule has 0 saturated heterocycles. The molecule has 0 aliphatic heterocycles. The highest BCUT2D eigenvalue weighted by Gasteiger charge is 2.12. The van der Waals surface area contributed by atoms with Gasteiger partial charge in [-0.3, -0.25) is 10.1 Å². The molecule has 0 radical (unpaired) electrons. The van der Waals surface area contributed by atoms with Gasteiger partial charge in [0.15, 0.2) is 0 Å². The predicted octanol–water partition coefficient (Wildman–Crippen LogP) is 2.90. The van der Waals surface area contributed by atoms with Crippen molar-refractivity contribution in [2.24, 2.45) is 12.8 Å². The van der Waals surface area contributed by atoms with Crippen molar-refractivity contribution in [1.29, 1.82) is 5.41 Å². The van der Waals surface area contributed by atoms with E-state index in [2.05, 4.69) is 5.10 Å². The van der Waals surface area contributed by atoms with E-state index in [1.807, 2.05) is 6.92 Å². The monoisotopic (exact) mass is 312 g/mol. The number of hydrogen-bond acceptors (Lipinski definition) is 3. The van der Waals surface area contributed by atoms with Gasteiger partial charge in [-0.25, -0.2) is 0 Å². The summed E-state index contributed by atoms with van der Waals surface area (Å²) in [6.07, 6.45) is 0. The summed E-state index contributed by atoms with van der Waals surface area (Å²) in [5, 5.41) is 12.5. The van der Waals surface area contributed by atoms with E-state index >= 15 is 0 Å². The molecule has 20 heavy (non-hydrogen) atoms. The van der Waals surface area contributed by atoms with Gasteiger partial charge in [0.05, 0.1) is 10.7 Å². The molecule has 3 N–H and O–H groups in total. The van der Waals surface area contributed by atoms with Gasteiger partial charge >= 0.3 is 0 Å². The summed E-state index contributed by atoms with van der Waals surface area (Å²) in [6.45, 7) is 2.17. The van der Waals surface area contributed by atoms with Crippen LogP contribution in [0.5, 0.6) is 5.75 Å². The average molecular weight is 313 g/mol. The molecule has 0 aliphatic rings. The molecule has 7 heteroatoms. The Morgan fingerprint density at radius 2 is 2.15 bits per heavy atom. The van der Waals surface area contributed by atoms with E-state index < -0.39 is 0 Å². The second kappa shape index (κ2) is 5.73. The summed E-state index contributed by atoms with van der Waals surface area (Å²) in [5.41, 5.74) is 7.54. The third-order valence-electron chi connectivity index (χ3n) is 2.88. The van der Waals surface area contributed by atoms with Crippen molar-refractivity contribution in [3.63, 3.8) is 0 Å². The van der Waals surface area contributed by atoms with Crippen LogP contribution < -0.4 is 10.5 Å². The van der Waals surface area contributed by atoms with Gasteiger partial charge in [-0.05, 0) is 25.1 Å². The number of ether oxygens (including phenoxy) is 1. The van der Waals surface area contributed by atoms with Crippen LogP contribution in [0.4, 0.5) is 0 Å². The van der Waals surface area contributed by atoms with Gasteiger partial charge in [0.2, 0.25) is 0 Å². The van der Waals surface area contributed by atoms with Crippen LogP contribution in [-0.4, -0.2) is 15.6 Å². The molecule has 0 unspecified atom stereocenters. The third-order valence-corrected chi connectivity index (χ3v) is 3.67. The molecule has 0 fully saturated rings. The highest BCUT2D eigenvalue weighted by atomic mass is 35.5. The van der Waals surface area contributed by atoms with Gasteiger partial charge in [0.1, 0.15) is 23.3 Å². The normalized spacial score (nSPS) is 10.6. The van der Waals surface area contributed by atoms with Crippen LogP contribution in [0.15, 0.2) is 18.2 Å². The first kappa shape index (κ1) is 14.7. The fraction of sp³-hybridized carbons (Fsp3) is 0.231. The smallest absolute Gasteiger partial charge is 0.133 e. The van der Waals surface area contributed by atoms with E-state index in [1.165, 1.54) is 0 Å². The van der Waals surface area contributed by atoms with Crippen molar-refractivity contribution < 1.29 is 4.74 Å². The van der Waals surface area contributed by atoms with Crippen LogP contribution in [0.2, 0.25) is 10.2 Å². The minimum atomic E-state index is -0.0762. The Hall–Kier alpha value is -1.72. The lowest BCUT2D eigenvalue weighted by Crippen LogP contribution is -2.11. The Morgan fingerprint density at radius 1 is 1.45 bits per heavy atom. The number of nitrogens with one attached hydrogen (secondary N) is 1. The number of nitrogen functional groups attached to an aromatic ring is 1. The molecule has 1 aromatic carbocycles. The van der Waals surface area contributed by atoms with Crippen LogP contribution in [0, 0.1) is 12.3 Å². The molecule has 0 spiro atoms. The minimum Gasteiger partial charge on any atom is -0.489 e. The minimum absolute atomic E-state index is 0.0762. The van der Waals surface area contributed by atoms with Crippen molar-refractivity contribution in [2.75, 3.05) is 0 Å². The number of aromatic nitrogens is 2. The van der Waals surface area contributed by atoms with E-state index in [4.69, 9.17) is 39.1 Å². The molecule has 5 nitrogen and oxygen atoms in total. The fourth-order valence-corrected chi connectivity index (χ4v) is 2.30. The number of rotatable bonds is 4. The van der Waals surface area contributed by atoms with E-state index in [9.17, 15) is 0 Å². The van der Waals surface area contributed by atoms with E-state index in [-0.39, 0.29) is 5.84 Å².